The lowest BCUT2D eigenvalue weighted by Crippen LogP contribution is -2.09. The van der Waals surface area contributed by atoms with Crippen LogP contribution in [-0.4, -0.2) is 4.40 Å². The molecule has 0 radical (unpaired) electrons. The zero-order valence-electron chi connectivity index (χ0n) is 33.1. The predicted molar refractivity (Wildman–Crippen MR) is 263 cm³/mol. The molecule has 3 aromatic heterocycles. The van der Waals surface area contributed by atoms with Gasteiger partial charge in [0.2, 0.25) is 0 Å². The molecule has 13 rings (SSSR count). The first-order valence-corrected chi connectivity index (χ1v) is 21.7. The quantitative estimate of drug-likeness (QED) is 0.158. The number of para-hydroxylation sites is 2. The Bertz CT molecular complexity index is 3880. The number of nitrogens with zero attached hydrogens (tertiary/aromatic N) is 2. The molecule has 2 nitrogen and oxygen atoms in total. The Hall–Kier alpha value is -7.72. The van der Waals surface area contributed by atoms with E-state index in [-0.39, 0.29) is 0 Å². The SMILES string of the molecule is c1ccc(-c2c3ccccc3n3c4c(-c5ccc(N(c6ccc7c(ccc8ccccc87)c6)c6ccc7sc8ccccc8c7c6)cc5)cccc4c4ccccc4c23)cc1. The Morgan fingerprint density at radius 3 is 1.80 bits per heavy atom. The largest absolute Gasteiger partial charge is 0.310 e. The summed E-state index contributed by atoms with van der Waals surface area (Å²) in [5, 5.41) is 12.6. The summed E-state index contributed by atoms with van der Waals surface area (Å²) in [6.07, 6.45) is 0. The van der Waals surface area contributed by atoms with Gasteiger partial charge < -0.3 is 9.30 Å². The highest BCUT2D eigenvalue weighted by molar-refractivity contribution is 7.25. The van der Waals surface area contributed by atoms with Crippen LogP contribution in [0.25, 0.3) is 102 Å². The van der Waals surface area contributed by atoms with Gasteiger partial charge in [-0.2, -0.15) is 0 Å². The van der Waals surface area contributed by atoms with Gasteiger partial charge in [0, 0.05) is 64.5 Å². The van der Waals surface area contributed by atoms with E-state index in [1.165, 1.54) is 102 Å². The second kappa shape index (κ2) is 13.4. The minimum Gasteiger partial charge on any atom is -0.310 e. The fourth-order valence-electron chi connectivity index (χ4n) is 10.0. The molecule has 0 spiro atoms. The minimum atomic E-state index is 1.11. The number of pyridine rings is 1. The molecule has 10 aromatic carbocycles. The molecule has 0 aliphatic rings. The van der Waals surface area contributed by atoms with Crippen molar-refractivity contribution >= 4 is 108 Å². The highest BCUT2D eigenvalue weighted by atomic mass is 32.1. The van der Waals surface area contributed by atoms with E-state index in [1.807, 2.05) is 11.3 Å². The number of benzene rings is 10. The van der Waals surface area contributed by atoms with Gasteiger partial charge in [-0.3, -0.25) is 0 Å². The molecular formula is C58H36N2S. The van der Waals surface area contributed by atoms with Gasteiger partial charge in [-0.25, -0.2) is 0 Å². The number of anilines is 3. The van der Waals surface area contributed by atoms with E-state index < -0.39 is 0 Å². The maximum absolute atomic E-state index is 2.53. The predicted octanol–water partition coefficient (Wildman–Crippen LogP) is 16.9. The summed E-state index contributed by atoms with van der Waals surface area (Å²) in [4.78, 5) is 2.42. The molecule has 0 saturated heterocycles. The van der Waals surface area contributed by atoms with E-state index in [0.717, 1.165) is 17.1 Å². The number of thiophene rings is 1. The second-order valence-corrected chi connectivity index (χ2v) is 17.1. The average Bonchev–Trinajstić information content (AvgIpc) is 3.88. The second-order valence-electron chi connectivity index (χ2n) is 16.0. The first-order valence-electron chi connectivity index (χ1n) is 20.9. The van der Waals surface area contributed by atoms with Gasteiger partial charge in [0.15, 0.2) is 0 Å². The lowest BCUT2D eigenvalue weighted by Gasteiger charge is -2.26. The van der Waals surface area contributed by atoms with E-state index in [9.17, 15) is 0 Å². The Morgan fingerprint density at radius 1 is 0.328 bits per heavy atom. The third-order valence-electron chi connectivity index (χ3n) is 12.7. The van der Waals surface area contributed by atoms with Crippen molar-refractivity contribution in [3.8, 4) is 22.3 Å². The molecule has 284 valence electrons. The number of hydrogen-bond donors (Lipinski definition) is 0. The van der Waals surface area contributed by atoms with E-state index in [0.29, 0.717) is 0 Å². The first kappa shape index (κ1) is 34.2. The molecule has 61 heavy (non-hydrogen) atoms. The van der Waals surface area contributed by atoms with Crippen LogP contribution in [0.4, 0.5) is 17.1 Å². The van der Waals surface area contributed by atoms with Crippen molar-refractivity contribution < 1.29 is 0 Å². The van der Waals surface area contributed by atoms with Crippen molar-refractivity contribution in [1.29, 1.82) is 0 Å². The Kier molecular flexibility index (Phi) is 7.51. The zero-order valence-corrected chi connectivity index (χ0v) is 33.9. The summed E-state index contributed by atoms with van der Waals surface area (Å²) < 4.78 is 5.14. The Balaban J connectivity index is 1.03. The van der Waals surface area contributed by atoms with Gasteiger partial charge >= 0.3 is 0 Å². The summed E-state index contributed by atoms with van der Waals surface area (Å²) in [5.74, 6) is 0. The van der Waals surface area contributed by atoms with Crippen molar-refractivity contribution in [2.45, 2.75) is 0 Å². The molecule has 0 saturated carbocycles. The van der Waals surface area contributed by atoms with Gasteiger partial charge in [0.05, 0.1) is 16.6 Å². The molecular weight excluding hydrogens is 757 g/mol. The summed E-state index contributed by atoms with van der Waals surface area (Å²) in [5.41, 5.74) is 11.9. The molecule has 0 N–H and O–H groups in total. The third-order valence-corrected chi connectivity index (χ3v) is 13.9. The van der Waals surface area contributed by atoms with Gasteiger partial charge in [-0.1, -0.05) is 164 Å². The molecule has 0 aliphatic heterocycles. The molecule has 0 fully saturated rings. The number of rotatable bonds is 5. The van der Waals surface area contributed by atoms with Crippen LogP contribution >= 0.6 is 11.3 Å². The van der Waals surface area contributed by atoms with Crippen LogP contribution in [0.15, 0.2) is 218 Å². The maximum Gasteiger partial charge on any atom is 0.0626 e. The summed E-state index contributed by atoms with van der Waals surface area (Å²) >= 11 is 1.86. The van der Waals surface area contributed by atoms with Crippen LogP contribution in [0.3, 0.4) is 0 Å². The fraction of sp³-hybridized carbons (Fsp3) is 0. The Labute approximate surface area is 356 Å². The van der Waals surface area contributed by atoms with Crippen molar-refractivity contribution in [3.63, 3.8) is 0 Å². The van der Waals surface area contributed by atoms with Crippen molar-refractivity contribution in [2.75, 3.05) is 4.90 Å². The monoisotopic (exact) mass is 792 g/mol. The minimum absolute atomic E-state index is 1.11. The summed E-state index contributed by atoms with van der Waals surface area (Å²) in [7, 11) is 0. The van der Waals surface area contributed by atoms with Crippen molar-refractivity contribution in [2.24, 2.45) is 0 Å². The smallest absolute Gasteiger partial charge is 0.0626 e. The van der Waals surface area contributed by atoms with Crippen molar-refractivity contribution in [1.82, 2.24) is 4.40 Å². The van der Waals surface area contributed by atoms with Crippen LogP contribution in [-0.2, 0) is 0 Å². The van der Waals surface area contributed by atoms with Gasteiger partial charge in [0.25, 0.3) is 0 Å². The number of fused-ring (bicyclic) bond motifs is 14. The van der Waals surface area contributed by atoms with Crippen LogP contribution in [0.2, 0.25) is 0 Å². The molecule has 13 aromatic rings. The van der Waals surface area contributed by atoms with Gasteiger partial charge in [-0.15, -0.1) is 11.3 Å². The van der Waals surface area contributed by atoms with E-state index in [2.05, 4.69) is 228 Å². The fourth-order valence-corrected chi connectivity index (χ4v) is 11.1. The molecule has 0 amide bonds. The molecule has 0 aliphatic carbocycles. The zero-order chi connectivity index (χ0) is 40.0. The average molecular weight is 793 g/mol. The topological polar surface area (TPSA) is 7.65 Å². The lowest BCUT2D eigenvalue weighted by molar-refractivity contribution is 1.29. The molecule has 3 heteroatoms. The van der Waals surface area contributed by atoms with E-state index >= 15 is 0 Å². The first-order chi connectivity index (χ1) is 30.3. The van der Waals surface area contributed by atoms with Crippen molar-refractivity contribution in [3.05, 3.63) is 218 Å². The number of aromatic nitrogens is 1. The van der Waals surface area contributed by atoms with Crippen LogP contribution < -0.4 is 4.90 Å². The van der Waals surface area contributed by atoms with Crippen LogP contribution in [0.5, 0.6) is 0 Å². The van der Waals surface area contributed by atoms with Crippen LogP contribution in [0, 0.1) is 0 Å². The molecule has 0 bridgehead atoms. The summed E-state index contributed by atoms with van der Waals surface area (Å²) in [6, 6.07) is 80.5. The van der Waals surface area contributed by atoms with E-state index in [1.54, 1.807) is 0 Å². The molecule has 3 heterocycles. The van der Waals surface area contributed by atoms with E-state index in [4.69, 9.17) is 0 Å². The summed E-state index contributed by atoms with van der Waals surface area (Å²) in [6.45, 7) is 0. The third kappa shape index (κ3) is 5.21. The standard InChI is InChI=1S/C58H36N2S/c1-2-14-39(15-3-1)56-51-20-8-10-23-53(51)60-57-46(21-12-22-49(57)47-17-6-7-19-50(47)58(56)60)38-27-29-41(30-28-38)59(43-32-34-55-52(36-43)48-18-9-11-24-54(48)61-55)42-31-33-45-40(35-42)26-25-37-13-4-5-16-44(37)45/h1-36H. The number of hydrogen-bond acceptors (Lipinski definition) is 2. The molecule has 0 unspecified atom stereocenters. The Morgan fingerprint density at radius 2 is 0.934 bits per heavy atom. The van der Waals surface area contributed by atoms with Crippen LogP contribution in [0.1, 0.15) is 0 Å². The maximum atomic E-state index is 2.53. The van der Waals surface area contributed by atoms with Gasteiger partial charge in [-0.05, 0) is 92.7 Å². The molecule has 0 atom stereocenters. The highest BCUT2D eigenvalue weighted by Crippen LogP contribution is 2.46. The normalized spacial score (nSPS) is 11.9. The highest BCUT2D eigenvalue weighted by Gasteiger charge is 2.22. The van der Waals surface area contributed by atoms with Gasteiger partial charge in [0.1, 0.15) is 0 Å². The lowest BCUT2D eigenvalue weighted by atomic mass is 9.96.